The van der Waals surface area contributed by atoms with Crippen molar-refractivity contribution >= 4 is 18.2 Å². The molecule has 3 N–H and O–H groups in total. The van der Waals surface area contributed by atoms with E-state index in [1.54, 1.807) is 0 Å². The molecule has 0 aromatic rings. The number of hydrogen-bond acceptors (Lipinski definition) is 3. The van der Waals surface area contributed by atoms with Gasteiger partial charge in [-0.1, -0.05) is 0 Å². The number of amides is 1. The quantitative estimate of drug-likeness (QED) is 0.382. The summed E-state index contributed by atoms with van der Waals surface area (Å²) >= 11 is 0. The summed E-state index contributed by atoms with van der Waals surface area (Å²) < 4.78 is 0. The topological polar surface area (TPSA) is 97.5 Å². The van der Waals surface area contributed by atoms with Gasteiger partial charge < -0.3 is 15.6 Å². The standard InChI is InChI=1S/C5H7NO4/c6-5(10)3(2-7)1-4(8)9/h2-3H,1H2,(H2,6,10)(H,8,9). The van der Waals surface area contributed by atoms with Crippen LogP contribution in [0.3, 0.4) is 0 Å². The Hall–Kier alpha value is -1.39. The van der Waals surface area contributed by atoms with Crippen LogP contribution >= 0.6 is 0 Å². The van der Waals surface area contributed by atoms with Crippen molar-refractivity contribution in [1.29, 1.82) is 0 Å². The van der Waals surface area contributed by atoms with E-state index in [1.165, 1.54) is 0 Å². The fourth-order valence-corrected chi connectivity index (χ4v) is 0.404. The normalized spacial score (nSPS) is 12.0. The highest BCUT2D eigenvalue weighted by molar-refractivity contribution is 5.93. The molecule has 0 aliphatic heterocycles. The maximum Gasteiger partial charge on any atom is 0.304 e. The zero-order valence-corrected chi connectivity index (χ0v) is 5.11. The zero-order valence-electron chi connectivity index (χ0n) is 5.11. The average molecular weight is 145 g/mol. The van der Waals surface area contributed by atoms with Crippen LogP contribution in [0.25, 0.3) is 0 Å². The first-order valence-electron chi connectivity index (χ1n) is 2.54. The molecule has 0 spiro atoms. The van der Waals surface area contributed by atoms with Crippen LogP contribution in [0.5, 0.6) is 0 Å². The Labute approximate surface area is 56.8 Å². The molecule has 0 radical (unpaired) electrons. The molecule has 1 atom stereocenters. The molecule has 1 unspecified atom stereocenters. The number of carbonyl (C=O) groups excluding carboxylic acids is 2. The largest absolute Gasteiger partial charge is 0.481 e. The molecule has 0 rings (SSSR count). The van der Waals surface area contributed by atoms with E-state index in [2.05, 4.69) is 5.73 Å². The SMILES string of the molecule is NC(=O)C(C=O)CC(=O)O. The van der Waals surface area contributed by atoms with Crippen LogP contribution in [0.15, 0.2) is 0 Å². The lowest BCUT2D eigenvalue weighted by atomic mass is 10.1. The third-order valence-electron chi connectivity index (χ3n) is 0.924. The van der Waals surface area contributed by atoms with Gasteiger partial charge in [0.25, 0.3) is 0 Å². The Morgan fingerprint density at radius 1 is 1.60 bits per heavy atom. The molecule has 0 aliphatic rings. The van der Waals surface area contributed by atoms with Crippen LogP contribution in [0.2, 0.25) is 0 Å². The van der Waals surface area contributed by atoms with Gasteiger partial charge in [0.15, 0.2) is 0 Å². The molecule has 56 valence electrons. The van der Waals surface area contributed by atoms with Crippen LogP contribution in [0.1, 0.15) is 6.42 Å². The summed E-state index contributed by atoms with van der Waals surface area (Å²) in [4.78, 5) is 30.0. The van der Waals surface area contributed by atoms with Gasteiger partial charge in [-0.05, 0) is 0 Å². The van der Waals surface area contributed by atoms with Gasteiger partial charge in [0.05, 0.1) is 6.42 Å². The molecule has 0 aromatic carbocycles. The first kappa shape index (κ1) is 8.61. The molecular weight excluding hydrogens is 138 g/mol. The summed E-state index contributed by atoms with van der Waals surface area (Å²) in [5, 5.41) is 8.10. The Kier molecular flexibility index (Phi) is 3.10. The van der Waals surface area contributed by atoms with Gasteiger partial charge in [0.1, 0.15) is 12.2 Å². The van der Waals surface area contributed by atoms with E-state index < -0.39 is 24.2 Å². The maximum absolute atomic E-state index is 10.2. The lowest BCUT2D eigenvalue weighted by Gasteiger charge is -1.98. The van der Waals surface area contributed by atoms with Crippen molar-refractivity contribution in [3.05, 3.63) is 0 Å². The molecule has 0 heterocycles. The summed E-state index contributed by atoms with van der Waals surface area (Å²) in [6, 6.07) is 0. The highest BCUT2D eigenvalue weighted by Crippen LogP contribution is 1.96. The predicted molar refractivity (Wildman–Crippen MR) is 31.0 cm³/mol. The van der Waals surface area contributed by atoms with Crippen LogP contribution in [0.4, 0.5) is 0 Å². The van der Waals surface area contributed by atoms with Crippen LogP contribution in [-0.4, -0.2) is 23.3 Å². The van der Waals surface area contributed by atoms with Gasteiger partial charge in [-0.15, -0.1) is 0 Å². The number of rotatable bonds is 4. The molecule has 0 saturated heterocycles. The van der Waals surface area contributed by atoms with Gasteiger partial charge in [0, 0.05) is 0 Å². The fourth-order valence-electron chi connectivity index (χ4n) is 0.404. The molecule has 0 aromatic heterocycles. The van der Waals surface area contributed by atoms with Crippen molar-refractivity contribution in [3.8, 4) is 0 Å². The number of carboxylic acid groups (broad SMARTS) is 1. The van der Waals surface area contributed by atoms with E-state index in [0.29, 0.717) is 0 Å². The van der Waals surface area contributed by atoms with Gasteiger partial charge in [-0.25, -0.2) is 0 Å². The maximum atomic E-state index is 10.2. The summed E-state index contributed by atoms with van der Waals surface area (Å²) in [6.45, 7) is 0. The minimum Gasteiger partial charge on any atom is -0.481 e. The van der Waals surface area contributed by atoms with E-state index in [1.807, 2.05) is 0 Å². The predicted octanol–water partition coefficient (Wildman–Crippen LogP) is -1.24. The van der Waals surface area contributed by atoms with E-state index in [-0.39, 0.29) is 6.29 Å². The van der Waals surface area contributed by atoms with Crippen LogP contribution in [0, 0.1) is 5.92 Å². The summed E-state index contributed by atoms with van der Waals surface area (Å²) in [6.07, 6.45) is -0.296. The van der Waals surface area contributed by atoms with E-state index in [0.717, 1.165) is 0 Å². The van der Waals surface area contributed by atoms with Crippen molar-refractivity contribution in [2.45, 2.75) is 6.42 Å². The molecule has 0 saturated carbocycles. The lowest BCUT2D eigenvalue weighted by Crippen LogP contribution is -2.26. The van der Waals surface area contributed by atoms with Gasteiger partial charge in [-0.2, -0.15) is 0 Å². The van der Waals surface area contributed by atoms with E-state index >= 15 is 0 Å². The monoisotopic (exact) mass is 145 g/mol. The molecule has 0 aliphatic carbocycles. The number of carbonyl (C=O) groups is 3. The first-order valence-corrected chi connectivity index (χ1v) is 2.54. The molecule has 5 nitrogen and oxygen atoms in total. The second kappa shape index (κ2) is 3.60. The first-order chi connectivity index (χ1) is 4.57. The molecular formula is C5H7NO4. The second-order valence-corrected chi connectivity index (χ2v) is 1.74. The van der Waals surface area contributed by atoms with Gasteiger partial charge in [-0.3, -0.25) is 9.59 Å². The van der Waals surface area contributed by atoms with Crippen molar-refractivity contribution < 1.29 is 19.5 Å². The molecule has 10 heavy (non-hydrogen) atoms. The summed E-state index contributed by atoms with van der Waals surface area (Å²) in [5.74, 6) is -3.31. The lowest BCUT2D eigenvalue weighted by molar-refractivity contribution is -0.142. The van der Waals surface area contributed by atoms with Crippen molar-refractivity contribution in [2.75, 3.05) is 0 Å². The summed E-state index contributed by atoms with van der Waals surface area (Å²) in [5.41, 5.74) is 4.66. The minimum absolute atomic E-state index is 0.233. The number of aldehydes is 1. The molecule has 0 fully saturated rings. The Morgan fingerprint density at radius 3 is 2.20 bits per heavy atom. The number of carboxylic acids is 1. The average Bonchev–Trinajstić information content (AvgIpc) is 1.81. The Bertz CT molecular complexity index is 165. The van der Waals surface area contributed by atoms with Crippen molar-refractivity contribution in [3.63, 3.8) is 0 Å². The molecule has 5 heteroatoms. The molecule has 1 amide bonds. The highest BCUT2D eigenvalue weighted by atomic mass is 16.4. The molecule has 0 bridgehead atoms. The second-order valence-electron chi connectivity index (χ2n) is 1.74. The summed E-state index contributed by atoms with van der Waals surface area (Å²) in [7, 11) is 0. The zero-order chi connectivity index (χ0) is 8.15. The smallest absolute Gasteiger partial charge is 0.304 e. The van der Waals surface area contributed by atoms with Crippen LogP contribution in [-0.2, 0) is 14.4 Å². The van der Waals surface area contributed by atoms with Crippen LogP contribution < -0.4 is 5.73 Å². The number of primary amides is 1. The third-order valence-corrected chi connectivity index (χ3v) is 0.924. The third kappa shape index (κ3) is 2.81. The number of nitrogens with two attached hydrogens (primary N) is 1. The minimum atomic E-state index is -1.21. The van der Waals surface area contributed by atoms with E-state index in [9.17, 15) is 14.4 Å². The number of aliphatic carboxylic acids is 1. The Balaban J connectivity index is 3.96. The van der Waals surface area contributed by atoms with Gasteiger partial charge in [0.2, 0.25) is 5.91 Å². The van der Waals surface area contributed by atoms with Crippen molar-refractivity contribution in [2.24, 2.45) is 11.7 Å². The number of hydrogen-bond donors (Lipinski definition) is 2. The van der Waals surface area contributed by atoms with Gasteiger partial charge >= 0.3 is 5.97 Å². The van der Waals surface area contributed by atoms with E-state index in [4.69, 9.17) is 5.11 Å². The Morgan fingerprint density at radius 2 is 2.10 bits per heavy atom. The highest BCUT2D eigenvalue weighted by Gasteiger charge is 2.17. The van der Waals surface area contributed by atoms with Crippen molar-refractivity contribution in [1.82, 2.24) is 0 Å². The fraction of sp³-hybridized carbons (Fsp3) is 0.400.